The summed E-state index contributed by atoms with van der Waals surface area (Å²) >= 11 is 0. The zero-order chi connectivity index (χ0) is 30.1. The van der Waals surface area contributed by atoms with Crippen LogP contribution in [0, 0.1) is 0 Å². The summed E-state index contributed by atoms with van der Waals surface area (Å²) in [5.74, 6) is -2.44. The van der Waals surface area contributed by atoms with Crippen LogP contribution in [0.4, 0.5) is 11.5 Å². The Balaban J connectivity index is 1.58. The molecule has 1 amide bonds. The van der Waals surface area contributed by atoms with E-state index in [1.54, 1.807) is 12.1 Å². The number of esters is 1. The molecule has 1 aliphatic heterocycles. The highest BCUT2D eigenvalue weighted by molar-refractivity contribution is 7.89. The van der Waals surface area contributed by atoms with Gasteiger partial charge < -0.3 is 15.8 Å². The highest BCUT2D eigenvalue weighted by atomic mass is 32.2. The molecule has 0 saturated heterocycles. The van der Waals surface area contributed by atoms with Crippen LogP contribution in [-0.2, 0) is 44.9 Å². The number of rotatable bonds is 8. The van der Waals surface area contributed by atoms with Gasteiger partial charge in [0.05, 0.1) is 17.4 Å². The van der Waals surface area contributed by atoms with E-state index in [0.717, 1.165) is 14.7 Å². The molecule has 0 radical (unpaired) electrons. The van der Waals surface area contributed by atoms with Crippen LogP contribution in [0.5, 0.6) is 0 Å². The third-order valence-electron chi connectivity index (χ3n) is 6.86. The van der Waals surface area contributed by atoms with E-state index in [0.29, 0.717) is 17.7 Å². The molecule has 3 aromatic rings. The molecule has 14 heteroatoms. The second-order valence-corrected chi connectivity index (χ2v) is 11.4. The number of carbonyl (C=O) groups excluding carboxylic acids is 3. The van der Waals surface area contributed by atoms with Crippen molar-refractivity contribution in [2.24, 2.45) is 14.1 Å². The van der Waals surface area contributed by atoms with Crippen LogP contribution in [0.25, 0.3) is 0 Å². The van der Waals surface area contributed by atoms with Gasteiger partial charge in [-0.3, -0.25) is 28.3 Å². The van der Waals surface area contributed by atoms with Crippen molar-refractivity contribution in [1.82, 2.24) is 13.4 Å². The Morgan fingerprint density at radius 2 is 1.68 bits per heavy atom. The van der Waals surface area contributed by atoms with E-state index in [1.165, 1.54) is 49.6 Å². The molecule has 2 aromatic carbocycles. The van der Waals surface area contributed by atoms with E-state index >= 15 is 0 Å². The van der Waals surface area contributed by atoms with Gasteiger partial charge in [-0.1, -0.05) is 24.3 Å². The Morgan fingerprint density at radius 3 is 2.34 bits per heavy atom. The van der Waals surface area contributed by atoms with Crippen molar-refractivity contribution in [2.45, 2.75) is 30.7 Å². The number of hydrogen-bond donors (Lipinski definition) is 2. The average Bonchev–Trinajstić information content (AvgIpc) is 2.94. The molecule has 0 spiro atoms. The Morgan fingerprint density at radius 1 is 1.02 bits per heavy atom. The van der Waals surface area contributed by atoms with Crippen molar-refractivity contribution in [1.29, 1.82) is 0 Å². The van der Waals surface area contributed by atoms with E-state index in [2.05, 4.69) is 5.32 Å². The van der Waals surface area contributed by atoms with Gasteiger partial charge in [0, 0.05) is 33.3 Å². The van der Waals surface area contributed by atoms with Crippen molar-refractivity contribution in [3.8, 4) is 0 Å². The minimum atomic E-state index is -4.09. The molecule has 4 rings (SSSR count). The lowest BCUT2D eigenvalue weighted by molar-refractivity contribution is -0.143. The van der Waals surface area contributed by atoms with Gasteiger partial charge in [0.2, 0.25) is 21.7 Å². The summed E-state index contributed by atoms with van der Waals surface area (Å²) in [6.45, 7) is 0.598. The molecule has 0 saturated carbocycles. The number of nitrogens with two attached hydrogens (primary N) is 1. The lowest BCUT2D eigenvalue weighted by Crippen LogP contribution is -2.42. The third kappa shape index (κ3) is 5.83. The fourth-order valence-electron chi connectivity index (χ4n) is 4.73. The van der Waals surface area contributed by atoms with Gasteiger partial charge in [-0.15, -0.1) is 0 Å². The number of anilines is 2. The van der Waals surface area contributed by atoms with Gasteiger partial charge in [0.1, 0.15) is 11.4 Å². The summed E-state index contributed by atoms with van der Waals surface area (Å²) < 4.78 is 35.4. The number of fused-ring (bicyclic) bond motifs is 1. The molecule has 0 unspecified atom stereocenters. The molecule has 0 aliphatic carbocycles. The summed E-state index contributed by atoms with van der Waals surface area (Å²) in [7, 11) is -1.61. The molecular weight excluding hydrogens is 554 g/mol. The first-order valence-corrected chi connectivity index (χ1v) is 14.0. The van der Waals surface area contributed by atoms with Crippen LogP contribution in [-0.4, -0.2) is 52.7 Å². The number of nitrogens with zero attached hydrogens (tertiary/aromatic N) is 3. The molecule has 1 aromatic heterocycles. The van der Waals surface area contributed by atoms with Gasteiger partial charge in [0.15, 0.2) is 6.61 Å². The number of amides is 1. The number of Topliss-reactive ketones (excluding diaryl/α,β-unsaturated/α-hetero) is 1. The number of nitrogens with one attached hydrogen (secondary N) is 1. The van der Waals surface area contributed by atoms with E-state index in [9.17, 15) is 32.4 Å². The number of hydrogen-bond acceptors (Lipinski definition) is 9. The molecule has 0 bridgehead atoms. The second-order valence-electron chi connectivity index (χ2n) is 9.54. The maximum Gasteiger partial charge on any atom is 0.332 e. The van der Waals surface area contributed by atoms with Crippen molar-refractivity contribution in [3.05, 3.63) is 86.1 Å². The molecule has 41 heavy (non-hydrogen) atoms. The fraction of sp³-hybridized carbons (Fsp3) is 0.296. The topological polar surface area (TPSA) is 180 Å². The predicted molar refractivity (Wildman–Crippen MR) is 149 cm³/mol. The second kappa shape index (κ2) is 11.5. The quantitative estimate of drug-likeness (QED) is 0.285. The zero-order valence-corrected chi connectivity index (χ0v) is 23.4. The van der Waals surface area contributed by atoms with Gasteiger partial charge >= 0.3 is 11.7 Å². The molecule has 216 valence electrons. The van der Waals surface area contributed by atoms with Gasteiger partial charge in [0.25, 0.3) is 5.56 Å². The number of ether oxygens (including phenoxy) is 1. The van der Waals surface area contributed by atoms with Crippen LogP contribution in [0.2, 0.25) is 0 Å². The summed E-state index contributed by atoms with van der Waals surface area (Å²) in [4.78, 5) is 61.5. The summed E-state index contributed by atoms with van der Waals surface area (Å²) in [5.41, 5.74) is 5.60. The standard InChI is InChI=1S/C27H29N5O8S/c1-16(33)29-18-8-10-19(11-9-18)41(38,39)32-13-12-17-6-4-5-7-20(17)21(32)14-23(35)40-15-22(34)24-25(28)30(2)27(37)31(3)26(24)36/h4-11,21H,12-15,28H2,1-3H3,(H,29,33)/t21-/m1/s1. The number of aromatic nitrogens is 2. The average molecular weight is 584 g/mol. The monoisotopic (exact) mass is 583 g/mol. The Labute approximate surface area is 235 Å². The first-order chi connectivity index (χ1) is 19.3. The van der Waals surface area contributed by atoms with E-state index in [-0.39, 0.29) is 23.2 Å². The van der Waals surface area contributed by atoms with Crippen LogP contribution in [0.1, 0.15) is 40.9 Å². The Bertz CT molecular complexity index is 1760. The SMILES string of the molecule is CC(=O)Nc1ccc(S(=O)(=O)N2CCc3ccccc3[C@H]2CC(=O)OCC(=O)c2c(N)n(C)c(=O)n(C)c2=O)cc1. The lowest BCUT2D eigenvalue weighted by atomic mass is 9.92. The Kier molecular flexibility index (Phi) is 8.26. The van der Waals surface area contributed by atoms with Crippen molar-refractivity contribution in [2.75, 3.05) is 24.2 Å². The number of nitrogen functional groups attached to an aromatic ring is 1. The molecular formula is C27H29N5O8S. The minimum Gasteiger partial charge on any atom is -0.457 e. The number of sulfonamides is 1. The molecule has 0 fully saturated rings. The van der Waals surface area contributed by atoms with Gasteiger partial charge in [-0.25, -0.2) is 13.2 Å². The normalized spacial score (nSPS) is 15.1. The van der Waals surface area contributed by atoms with Crippen molar-refractivity contribution in [3.63, 3.8) is 0 Å². The molecule has 1 aliphatic rings. The van der Waals surface area contributed by atoms with E-state index < -0.39 is 57.7 Å². The minimum absolute atomic E-state index is 0.0273. The highest BCUT2D eigenvalue weighted by Gasteiger charge is 2.38. The van der Waals surface area contributed by atoms with E-state index in [4.69, 9.17) is 10.5 Å². The van der Waals surface area contributed by atoms with Crippen molar-refractivity contribution >= 4 is 39.2 Å². The van der Waals surface area contributed by atoms with Gasteiger partial charge in [-0.05, 0) is 41.8 Å². The predicted octanol–water partition coefficient (Wildman–Crippen LogP) is 0.729. The first kappa shape index (κ1) is 29.4. The number of ketones is 1. The van der Waals surface area contributed by atoms with Crippen LogP contribution >= 0.6 is 0 Å². The summed E-state index contributed by atoms with van der Waals surface area (Å²) in [6, 6.07) is 11.9. The lowest BCUT2D eigenvalue weighted by Gasteiger charge is -2.36. The highest BCUT2D eigenvalue weighted by Crippen LogP contribution is 2.36. The first-order valence-electron chi connectivity index (χ1n) is 12.5. The summed E-state index contributed by atoms with van der Waals surface area (Å²) in [6.07, 6.45) is 0.00692. The van der Waals surface area contributed by atoms with Gasteiger partial charge in [-0.2, -0.15) is 4.31 Å². The zero-order valence-electron chi connectivity index (χ0n) is 22.6. The molecule has 1 atom stereocenters. The Hall–Kier alpha value is -4.56. The van der Waals surface area contributed by atoms with Crippen molar-refractivity contribution < 1.29 is 27.5 Å². The van der Waals surface area contributed by atoms with Crippen LogP contribution in [0.15, 0.2) is 63.0 Å². The molecule has 3 N–H and O–H groups in total. The maximum atomic E-state index is 13.7. The van der Waals surface area contributed by atoms with E-state index in [1.807, 2.05) is 12.1 Å². The summed E-state index contributed by atoms with van der Waals surface area (Å²) in [5, 5.41) is 2.58. The largest absolute Gasteiger partial charge is 0.457 e. The third-order valence-corrected chi connectivity index (χ3v) is 8.78. The number of carbonyl (C=O) groups is 3. The molecule has 2 heterocycles. The molecule has 13 nitrogen and oxygen atoms in total. The van der Waals surface area contributed by atoms with Crippen LogP contribution in [0.3, 0.4) is 0 Å². The smallest absolute Gasteiger partial charge is 0.332 e. The maximum absolute atomic E-state index is 13.7. The number of benzene rings is 2. The fourth-order valence-corrected chi connectivity index (χ4v) is 6.34. The van der Waals surface area contributed by atoms with Crippen LogP contribution < -0.4 is 22.3 Å².